The maximum absolute atomic E-state index is 5.30. The molecule has 0 saturated carbocycles. The third-order valence-electron chi connectivity index (χ3n) is 1.34. The van der Waals surface area contributed by atoms with E-state index in [4.69, 9.17) is 14.2 Å². The van der Waals surface area contributed by atoms with Gasteiger partial charge in [-0.1, -0.05) is 13.2 Å². The SMILES string of the molecule is C=COCCCOCCCOC=C. The molecule has 0 amide bonds. The smallest absolute Gasteiger partial charge is 0.0895 e. The molecule has 0 aromatic rings. The molecular weight excluding hydrogens is 168 g/mol. The summed E-state index contributed by atoms with van der Waals surface area (Å²) in [6.45, 7) is 9.67. The summed E-state index contributed by atoms with van der Waals surface area (Å²) in [6, 6.07) is 0. The summed E-state index contributed by atoms with van der Waals surface area (Å²) in [5, 5.41) is 0. The van der Waals surface area contributed by atoms with Crippen LogP contribution in [0.1, 0.15) is 12.8 Å². The van der Waals surface area contributed by atoms with E-state index in [2.05, 4.69) is 13.2 Å². The number of ether oxygens (including phenoxy) is 3. The molecule has 0 spiro atoms. The van der Waals surface area contributed by atoms with Gasteiger partial charge in [-0.15, -0.1) is 0 Å². The Bertz CT molecular complexity index is 109. The van der Waals surface area contributed by atoms with E-state index < -0.39 is 0 Å². The molecule has 0 bridgehead atoms. The third kappa shape index (κ3) is 11.0. The molecule has 0 rings (SSSR count). The second-order valence-corrected chi connectivity index (χ2v) is 2.39. The Labute approximate surface area is 80.0 Å². The van der Waals surface area contributed by atoms with Crippen molar-refractivity contribution in [2.75, 3.05) is 26.4 Å². The topological polar surface area (TPSA) is 27.7 Å². The fourth-order valence-corrected chi connectivity index (χ4v) is 0.757. The maximum atomic E-state index is 5.30. The quantitative estimate of drug-likeness (QED) is 0.386. The molecule has 3 nitrogen and oxygen atoms in total. The van der Waals surface area contributed by atoms with Crippen LogP contribution in [0.25, 0.3) is 0 Å². The van der Waals surface area contributed by atoms with Crippen LogP contribution in [0.3, 0.4) is 0 Å². The molecule has 0 heterocycles. The lowest BCUT2D eigenvalue weighted by atomic mass is 10.4. The Kier molecular flexibility index (Phi) is 10.2. The average Bonchev–Trinajstić information content (AvgIpc) is 2.16. The van der Waals surface area contributed by atoms with Crippen LogP contribution in [-0.2, 0) is 14.2 Å². The number of hydrogen-bond acceptors (Lipinski definition) is 3. The van der Waals surface area contributed by atoms with Gasteiger partial charge in [-0.25, -0.2) is 0 Å². The van der Waals surface area contributed by atoms with Gasteiger partial charge >= 0.3 is 0 Å². The monoisotopic (exact) mass is 186 g/mol. The molecular formula is C10H18O3. The molecule has 0 radical (unpaired) electrons. The Hall–Kier alpha value is -0.960. The van der Waals surface area contributed by atoms with E-state index in [1.807, 2.05) is 0 Å². The maximum Gasteiger partial charge on any atom is 0.0895 e. The molecule has 0 aliphatic heterocycles. The highest BCUT2D eigenvalue weighted by Crippen LogP contribution is 1.88. The minimum absolute atomic E-state index is 0.673. The van der Waals surface area contributed by atoms with Crippen LogP contribution in [0.15, 0.2) is 25.7 Å². The second kappa shape index (κ2) is 11.0. The van der Waals surface area contributed by atoms with Crippen LogP contribution in [0, 0.1) is 0 Å². The minimum Gasteiger partial charge on any atom is -0.502 e. The predicted molar refractivity (Wildman–Crippen MR) is 52.4 cm³/mol. The Morgan fingerprint density at radius 1 is 0.769 bits per heavy atom. The van der Waals surface area contributed by atoms with Gasteiger partial charge in [0.1, 0.15) is 0 Å². The number of hydrogen-bond donors (Lipinski definition) is 0. The van der Waals surface area contributed by atoms with E-state index in [-0.39, 0.29) is 0 Å². The fraction of sp³-hybridized carbons (Fsp3) is 0.600. The molecule has 0 fully saturated rings. The summed E-state index contributed by atoms with van der Waals surface area (Å²) in [5.74, 6) is 0. The van der Waals surface area contributed by atoms with Gasteiger partial charge in [-0.2, -0.15) is 0 Å². The first kappa shape index (κ1) is 12.0. The summed E-state index contributed by atoms with van der Waals surface area (Å²) in [6.07, 6.45) is 4.68. The zero-order chi connectivity index (χ0) is 9.78. The van der Waals surface area contributed by atoms with Crippen molar-refractivity contribution < 1.29 is 14.2 Å². The van der Waals surface area contributed by atoms with Crippen molar-refractivity contribution in [1.29, 1.82) is 0 Å². The fourth-order valence-electron chi connectivity index (χ4n) is 0.757. The first-order chi connectivity index (χ1) is 6.41. The third-order valence-corrected chi connectivity index (χ3v) is 1.34. The van der Waals surface area contributed by atoms with Crippen LogP contribution in [0.2, 0.25) is 0 Å². The van der Waals surface area contributed by atoms with Gasteiger partial charge < -0.3 is 14.2 Å². The van der Waals surface area contributed by atoms with Gasteiger partial charge in [0.2, 0.25) is 0 Å². The van der Waals surface area contributed by atoms with Crippen LogP contribution < -0.4 is 0 Å². The lowest BCUT2D eigenvalue weighted by molar-refractivity contribution is 0.0963. The van der Waals surface area contributed by atoms with Crippen LogP contribution >= 0.6 is 0 Å². The van der Waals surface area contributed by atoms with Gasteiger partial charge in [0, 0.05) is 26.1 Å². The summed E-state index contributed by atoms with van der Waals surface area (Å²) in [7, 11) is 0. The van der Waals surface area contributed by atoms with Crippen LogP contribution in [0.4, 0.5) is 0 Å². The molecule has 3 heteroatoms. The van der Waals surface area contributed by atoms with E-state index in [1.54, 1.807) is 0 Å². The standard InChI is InChI=1S/C10H18O3/c1-3-11-7-5-9-13-10-6-8-12-4-2/h3-4H,1-2,5-10H2. The predicted octanol–water partition coefficient (Wildman–Crippen LogP) is 2.10. The minimum atomic E-state index is 0.673. The zero-order valence-electron chi connectivity index (χ0n) is 8.04. The normalized spacial score (nSPS) is 9.23. The lowest BCUT2D eigenvalue weighted by Gasteiger charge is -2.03. The zero-order valence-corrected chi connectivity index (χ0v) is 8.04. The van der Waals surface area contributed by atoms with Crippen LogP contribution in [0.5, 0.6) is 0 Å². The van der Waals surface area contributed by atoms with E-state index in [0.717, 1.165) is 26.1 Å². The molecule has 0 aromatic carbocycles. The molecule has 0 unspecified atom stereocenters. The molecule has 0 aliphatic carbocycles. The van der Waals surface area contributed by atoms with Crippen molar-refractivity contribution in [3.8, 4) is 0 Å². The first-order valence-electron chi connectivity index (χ1n) is 4.44. The molecule has 0 atom stereocenters. The highest BCUT2D eigenvalue weighted by atomic mass is 16.5. The van der Waals surface area contributed by atoms with Gasteiger partial charge in [0.25, 0.3) is 0 Å². The first-order valence-corrected chi connectivity index (χ1v) is 4.44. The number of rotatable bonds is 10. The van der Waals surface area contributed by atoms with Gasteiger partial charge in [0.15, 0.2) is 0 Å². The Balaban J connectivity index is 2.83. The van der Waals surface area contributed by atoms with Crippen molar-refractivity contribution in [2.24, 2.45) is 0 Å². The second-order valence-electron chi connectivity index (χ2n) is 2.39. The van der Waals surface area contributed by atoms with E-state index >= 15 is 0 Å². The summed E-state index contributed by atoms with van der Waals surface area (Å²) in [4.78, 5) is 0. The molecule has 0 aromatic heterocycles. The summed E-state index contributed by atoms with van der Waals surface area (Å²) >= 11 is 0. The summed E-state index contributed by atoms with van der Waals surface area (Å²) < 4.78 is 15.1. The van der Waals surface area contributed by atoms with Crippen molar-refractivity contribution in [3.05, 3.63) is 25.7 Å². The molecule has 0 N–H and O–H groups in total. The highest BCUT2D eigenvalue weighted by Gasteiger charge is 1.89. The average molecular weight is 186 g/mol. The molecule has 76 valence electrons. The summed E-state index contributed by atoms with van der Waals surface area (Å²) in [5.41, 5.74) is 0. The van der Waals surface area contributed by atoms with Gasteiger partial charge in [-0.3, -0.25) is 0 Å². The lowest BCUT2D eigenvalue weighted by Crippen LogP contribution is -2.02. The molecule has 0 saturated heterocycles. The largest absolute Gasteiger partial charge is 0.502 e. The molecule has 0 aliphatic rings. The Morgan fingerprint density at radius 2 is 1.23 bits per heavy atom. The van der Waals surface area contributed by atoms with Crippen molar-refractivity contribution >= 4 is 0 Å². The van der Waals surface area contributed by atoms with Crippen molar-refractivity contribution in [2.45, 2.75) is 12.8 Å². The van der Waals surface area contributed by atoms with E-state index in [0.29, 0.717) is 13.2 Å². The van der Waals surface area contributed by atoms with E-state index in [1.165, 1.54) is 12.5 Å². The van der Waals surface area contributed by atoms with Crippen molar-refractivity contribution in [3.63, 3.8) is 0 Å². The van der Waals surface area contributed by atoms with Gasteiger partial charge in [0.05, 0.1) is 25.7 Å². The Morgan fingerprint density at radius 3 is 1.62 bits per heavy atom. The molecule has 13 heavy (non-hydrogen) atoms. The highest BCUT2D eigenvalue weighted by molar-refractivity contribution is 4.49. The van der Waals surface area contributed by atoms with E-state index in [9.17, 15) is 0 Å². The van der Waals surface area contributed by atoms with Crippen molar-refractivity contribution in [1.82, 2.24) is 0 Å². The van der Waals surface area contributed by atoms with Crippen LogP contribution in [-0.4, -0.2) is 26.4 Å². The van der Waals surface area contributed by atoms with Gasteiger partial charge in [-0.05, 0) is 0 Å².